The molecule has 3 nitrogen and oxygen atoms in total. The Morgan fingerprint density at radius 2 is 2.10 bits per heavy atom. The molecular weight excluding hydrogens is 268 g/mol. The molecule has 1 aliphatic carbocycles. The van der Waals surface area contributed by atoms with Crippen molar-refractivity contribution in [2.45, 2.75) is 64.7 Å². The van der Waals surface area contributed by atoms with Gasteiger partial charge in [-0.15, -0.1) is 11.3 Å². The van der Waals surface area contributed by atoms with Gasteiger partial charge in [-0.05, 0) is 18.8 Å². The van der Waals surface area contributed by atoms with Crippen molar-refractivity contribution in [2.24, 2.45) is 5.92 Å². The maximum atomic E-state index is 12.0. The molecule has 0 spiro atoms. The van der Waals surface area contributed by atoms with Crippen LogP contribution in [-0.2, 0) is 5.41 Å². The summed E-state index contributed by atoms with van der Waals surface area (Å²) >= 11 is 1.51. The summed E-state index contributed by atoms with van der Waals surface area (Å²) in [6.07, 6.45) is 9.63. The van der Waals surface area contributed by atoms with Crippen molar-refractivity contribution in [3.05, 3.63) is 16.1 Å². The van der Waals surface area contributed by atoms with E-state index in [0.717, 1.165) is 28.8 Å². The topological polar surface area (TPSA) is 42.0 Å². The van der Waals surface area contributed by atoms with Crippen molar-refractivity contribution < 1.29 is 4.79 Å². The Labute approximate surface area is 126 Å². The molecule has 1 aliphatic rings. The van der Waals surface area contributed by atoms with Crippen molar-refractivity contribution >= 4 is 17.2 Å². The number of aromatic nitrogens is 1. The minimum atomic E-state index is 0.0195. The molecule has 1 heterocycles. The molecule has 0 aliphatic heterocycles. The molecule has 1 amide bonds. The average Bonchev–Trinajstić information content (AvgIpc) is 3.04. The summed E-state index contributed by atoms with van der Waals surface area (Å²) in [4.78, 5) is 17.1. The molecule has 1 aromatic rings. The summed E-state index contributed by atoms with van der Waals surface area (Å²) in [7, 11) is 0. The third-order valence-electron chi connectivity index (χ3n) is 3.92. The highest BCUT2D eigenvalue weighted by Crippen LogP contribution is 2.28. The summed E-state index contributed by atoms with van der Waals surface area (Å²) in [5, 5.41) is 4.04. The van der Waals surface area contributed by atoms with Crippen LogP contribution in [0.15, 0.2) is 6.20 Å². The van der Waals surface area contributed by atoms with E-state index in [4.69, 9.17) is 0 Å². The minimum absolute atomic E-state index is 0.0195. The Balaban J connectivity index is 1.72. The van der Waals surface area contributed by atoms with E-state index in [1.807, 2.05) is 0 Å². The summed E-state index contributed by atoms with van der Waals surface area (Å²) < 4.78 is 0. The summed E-state index contributed by atoms with van der Waals surface area (Å²) in [6, 6.07) is 0. The number of nitrogens with zero attached hydrogens (tertiary/aromatic N) is 1. The maximum Gasteiger partial charge on any atom is 0.263 e. The van der Waals surface area contributed by atoms with Crippen LogP contribution < -0.4 is 5.32 Å². The number of hydrogen-bond acceptors (Lipinski definition) is 3. The van der Waals surface area contributed by atoms with Gasteiger partial charge in [0.1, 0.15) is 4.88 Å². The van der Waals surface area contributed by atoms with Crippen molar-refractivity contribution in [1.29, 1.82) is 0 Å². The van der Waals surface area contributed by atoms with E-state index in [1.165, 1.54) is 43.4 Å². The van der Waals surface area contributed by atoms with Crippen LogP contribution in [0.4, 0.5) is 0 Å². The number of thiazole rings is 1. The molecule has 1 N–H and O–H groups in total. The van der Waals surface area contributed by atoms with Crippen LogP contribution >= 0.6 is 11.3 Å². The molecule has 0 bridgehead atoms. The van der Waals surface area contributed by atoms with E-state index in [2.05, 4.69) is 31.1 Å². The molecule has 0 aromatic carbocycles. The fourth-order valence-corrected chi connectivity index (χ4v) is 3.59. The number of amides is 1. The van der Waals surface area contributed by atoms with Crippen molar-refractivity contribution in [3.8, 4) is 0 Å². The van der Waals surface area contributed by atoms with Gasteiger partial charge in [0, 0.05) is 12.0 Å². The Morgan fingerprint density at radius 3 is 2.70 bits per heavy atom. The van der Waals surface area contributed by atoms with Crippen LogP contribution in [0.1, 0.15) is 74.0 Å². The predicted molar refractivity (Wildman–Crippen MR) is 84.3 cm³/mol. The molecule has 1 saturated carbocycles. The molecule has 0 saturated heterocycles. The van der Waals surface area contributed by atoms with Crippen molar-refractivity contribution in [2.75, 3.05) is 6.54 Å². The zero-order chi connectivity index (χ0) is 14.6. The highest BCUT2D eigenvalue weighted by atomic mass is 32.1. The molecule has 0 radical (unpaired) electrons. The zero-order valence-corrected chi connectivity index (χ0v) is 13.7. The lowest BCUT2D eigenvalue weighted by Gasteiger charge is -2.13. The van der Waals surface area contributed by atoms with Gasteiger partial charge < -0.3 is 5.32 Å². The second-order valence-corrected chi connectivity index (χ2v) is 7.86. The molecule has 112 valence electrons. The van der Waals surface area contributed by atoms with Crippen LogP contribution in [0.25, 0.3) is 0 Å². The fraction of sp³-hybridized carbons (Fsp3) is 0.750. The van der Waals surface area contributed by atoms with Gasteiger partial charge in [-0.3, -0.25) is 4.79 Å². The highest BCUT2D eigenvalue weighted by Gasteiger charge is 2.20. The second kappa shape index (κ2) is 6.70. The van der Waals surface area contributed by atoms with Gasteiger partial charge in [0.2, 0.25) is 0 Å². The fourth-order valence-electron chi connectivity index (χ4n) is 2.70. The van der Waals surface area contributed by atoms with E-state index >= 15 is 0 Å². The Kier molecular flexibility index (Phi) is 5.19. The number of carbonyl (C=O) groups excluding carboxylic acids is 1. The molecular formula is C16H26N2OS. The zero-order valence-electron chi connectivity index (χ0n) is 12.9. The highest BCUT2D eigenvalue weighted by molar-refractivity contribution is 7.13. The molecule has 2 rings (SSSR count). The number of hydrogen-bond donors (Lipinski definition) is 1. The van der Waals surface area contributed by atoms with E-state index in [-0.39, 0.29) is 11.3 Å². The lowest BCUT2D eigenvalue weighted by Crippen LogP contribution is -2.23. The number of nitrogens with one attached hydrogen (secondary N) is 1. The standard InChI is InChI=1S/C16H26N2OS/c1-16(2,3)15-18-11-13(20-15)14(19)17-10-6-9-12-7-4-5-8-12/h11-12H,4-10H2,1-3H3,(H,17,19). The maximum absolute atomic E-state index is 12.0. The van der Waals surface area contributed by atoms with Crippen LogP contribution in [0, 0.1) is 5.92 Å². The van der Waals surface area contributed by atoms with E-state index in [1.54, 1.807) is 6.20 Å². The van der Waals surface area contributed by atoms with Gasteiger partial charge in [0.15, 0.2) is 0 Å². The predicted octanol–water partition coefficient (Wildman–Crippen LogP) is 4.14. The molecule has 0 atom stereocenters. The quantitative estimate of drug-likeness (QED) is 0.829. The number of carbonyl (C=O) groups is 1. The first-order valence-electron chi connectivity index (χ1n) is 7.71. The normalized spacial score (nSPS) is 16.6. The average molecular weight is 294 g/mol. The van der Waals surface area contributed by atoms with Gasteiger partial charge in [-0.1, -0.05) is 46.5 Å². The van der Waals surface area contributed by atoms with Crippen molar-refractivity contribution in [1.82, 2.24) is 10.3 Å². The molecule has 1 aromatic heterocycles. The van der Waals surface area contributed by atoms with Crippen LogP contribution in [0.2, 0.25) is 0 Å². The van der Waals surface area contributed by atoms with Gasteiger partial charge in [0.25, 0.3) is 5.91 Å². The second-order valence-electron chi connectivity index (χ2n) is 6.83. The first kappa shape index (κ1) is 15.5. The molecule has 1 fully saturated rings. The third-order valence-corrected chi connectivity index (χ3v) is 5.34. The van der Waals surface area contributed by atoms with E-state index in [0.29, 0.717) is 0 Å². The molecule has 0 unspecified atom stereocenters. The largest absolute Gasteiger partial charge is 0.351 e. The Bertz CT molecular complexity index is 442. The van der Waals surface area contributed by atoms with Gasteiger partial charge >= 0.3 is 0 Å². The van der Waals surface area contributed by atoms with Gasteiger partial charge in [-0.2, -0.15) is 0 Å². The van der Waals surface area contributed by atoms with E-state index < -0.39 is 0 Å². The summed E-state index contributed by atoms with van der Waals surface area (Å²) in [5.41, 5.74) is 0.0195. The minimum Gasteiger partial charge on any atom is -0.351 e. The SMILES string of the molecule is CC(C)(C)c1ncc(C(=O)NCCCC2CCCC2)s1. The van der Waals surface area contributed by atoms with Crippen molar-refractivity contribution in [3.63, 3.8) is 0 Å². The van der Waals surface area contributed by atoms with Gasteiger partial charge in [0.05, 0.1) is 11.2 Å². The van der Waals surface area contributed by atoms with Gasteiger partial charge in [-0.25, -0.2) is 4.98 Å². The lowest BCUT2D eigenvalue weighted by molar-refractivity contribution is 0.0956. The summed E-state index contributed by atoms with van der Waals surface area (Å²) in [5.74, 6) is 0.937. The summed E-state index contributed by atoms with van der Waals surface area (Å²) in [6.45, 7) is 7.15. The first-order valence-corrected chi connectivity index (χ1v) is 8.53. The molecule has 20 heavy (non-hydrogen) atoms. The lowest BCUT2D eigenvalue weighted by atomic mass is 9.98. The Morgan fingerprint density at radius 1 is 1.40 bits per heavy atom. The number of rotatable bonds is 5. The van der Waals surface area contributed by atoms with Crippen LogP contribution in [0.5, 0.6) is 0 Å². The first-order chi connectivity index (χ1) is 9.47. The molecule has 4 heteroatoms. The third kappa shape index (κ3) is 4.30. The van der Waals surface area contributed by atoms with Crippen LogP contribution in [0.3, 0.4) is 0 Å². The smallest absolute Gasteiger partial charge is 0.263 e. The monoisotopic (exact) mass is 294 g/mol. The van der Waals surface area contributed by atoms with E-state index in [9.17, 15) is 4.79 Å². The Hall–Kier alpha value is -0.900. The van der Waals surface area contributed by atoms with Crippen LogP contribution in [-0.4, -0.2) is 17.4 Å².